The van der Waals surface area contributed by atoms with Crippen molar-refractivity contribution in [2.75, 3.05) is 20.2 Å². The highest BCUT2D eigenvalue weighted by molar-refractivity contribution is 5.93. The van der Waals surface area contributed by atoms with Gasteiger partial charge in [-0.15, -0.1) is 0 Å². The average molecular weight is 432 g/mol. The smallest absolute Gasteiger partial charge is 0.407 e. The van der Waals surface area contributed by atoms with Gasteiger partial charge in [0.2, 0.25) is 0 Å². The van der Waals surface area contributed by atoms with Crippen molar-refractivity contribution >= 4 is 18.0 Å². The van der Waals surface area contributed by atoms with E-state index in [0.717, 1.165) is 22.3 Å². The molecule has 2 aromatic carbocycles. The fourth-order valence-corrected chi connectivity index (χ4v) is 4.25. The fourth-order valence-electron chi connectivity index (χ4n) is 4.25. The molecule has 7 heteroatoms. The second-order valence-electron chi connectivity index (χ2n) is 8.06. The Morgan fingerprint density at radius 1 is 1.06 bits per heavy atom. The van der Waals surface area contributed by atoms with E-state index in [-0.39, 0.29) is 25.1 Å². The third-order valence-corrected chi connectivity index (χ3v) is 6.19. The topological polar surface area (TPSA) is 95.9 Å². The highest BCUT2D eigenvalue weighted by atomic mass is 16.5. The molecule has 0 saturated heterocycles. The van der Waals surface area contributed by atoms with E-state index in [1.165, 1.54) is 4.90 Å². The number of benzene rings is 2. The largest absolute Gasteiger partial charge is 0.481 e. The third kappa shape index (κ3) is 4.30. The molecule has 32 heavy (non-hydrogen) atoms. The van der Waals surface area contributed by atoms with E-state index < -0.39 is 23.9 Å². The quantitative estimate of drug-likeness (QED) is 0.709. The van der Waals surface area contributed by atoms with E-state index in [0.29, 0.717) is 12.8 Å². The van der Waals surface area contributed by atoms with Crippen molar-refractivity contribution in [1.29, 1.82) is 0 Å². The molecule has 7 nitrogen and oxygen atoms in total. The Bertz CT molecular complexity index is 1070. The molecule has 0 bridgehead atoms. The molecule has 0 unspecified atom stereocenters. The van der Waals surface area contributed by atoms with Crippen LogP contribution < -0.4 is 5.32 Å². The molecule has 1 saturated carbocycles. The van der Waals surface area contributed by atoms with Crippen LogP contribution in [0.15, 0.2) is 48.5 Å². The van der Waals surface area contributed by atoms with Gasteiger partial charge in [0.25, 0.3) is 5.91 Å². The zero-order valence-electron chi connectivity index (χ0n) is 17.7. The van der Waals surface area contributed by atoms with Crippen LogP contribution in [0.5, 0.6) is 0 Å². The minimum atomic E-state index is -0.833. The highest BCUT2D eigenvalue weighted by Gasteiger charge is 2.38. The van der Waals surface area contributed by atoms with Gasteiger partial charge in [0.05, 0.1) is 12.5 Å². The van der Waals surface area contributed by atoms with Crippen LogP contribution in [0.3, 0.4) is 0 Å². The van der Waals surface area contributed by atoms with Crippen LogP contribution in [-0.2, 0) is 14.3 Å². The summed E-state index contributed by atoms with van der Waals surface area (Å²) in [6.07, 6.45) is 0.291. The molecule has 4 rings (SSSR count). The molecule has 2 N–H and O–H groups in total. The van der Waals surface area contributed by atoms with Crippen molar-refractivity contribution < 1.29 is 24.2 Å². The van der Waals surface area contributed by atoms with E-state index in [1.807, 2.05) is 24.3 Å². The number of carboxylic acids is 1. The Kier molecular flexibility index (Phi) is 6.13. The van der Waals surface area contributed by atoms with Crippen LogP contribution in [-0.4, -0.2) is 54.2 Å². The standard InChI is InChI=1S/C25H24N2O5/c1-27(17-13-16(14-17)24(29)30)23(28)11-6-12-26-25(31)32-15-22-20-9-4-2-7-18(20)19-8-3-5-10-21(19)22/h2-5,7-10,16-17,22H,12-15H2,1H3,(H,26,31)(H,29,30). The molecular weight excluding hydrogens is 408 g/mol. The number of rotatable bonds is 5. The molecule has 0 aliphatic heterocycles. The predicted molar refractivity (Wildman–Crippen MR) is 118 cm³/mol. The van der Waals surface area contributed by atoms with E-state index >= 15 is 0 Å². The molecule has 2 amide bonds. The lowest BCUT2D eigenvalue weighted by Crippen LogP contribution is -2.47. The summed E-state index contributed by atoms with van der Waals surface area (Å²) in [6.45, 7) is 0.194. The maximum absolute atomic E-state index is 12.1. The molecule has 0 atom stereocenters. The van der Waals surface area contributed by atoms with Crippen molar-refractivity contribution in [2.24, 2.45) is 5.92 Å². The Morgan fingerprint density at radius 3 is 2.25 bits per heavy atom. The lowest BCUT2D eigenvalue weighted by atomic mass is 9.79. The number of ether oxygens (including phenoxy) is 1. The number of hydrogen-bond acceptors (Lipinski definition) is 4. The number of carboxylic acid groups (broad SMARTS) is 1. The molecule has 2 aromatic rings. The first-order valence-electron chi connectivity index (χ1n) is 10.5. The molecule has 0 spiro atoms. The maximum Gasteiger partial charge on any atom is 0.407 e. The van der Waals surface area contributed by atoms with Crippen LogP contribution in [0, 0.1) is 17.8 Å². The number of nitrogens with one attached hydrogen (secondary N) is 1. The van der Waals surface area contributed by atoms with Crippen LogP contribution in [0.25, 0.3) is 11.1 Å². The number of aliphatic carboxylic acids is 1. The molecule has 164 valence electrons. The van der Waals surface area contributed by atoms with E-state index in [4.69, 9.17) is 9.84 Å². The van der Waals surface area contributed by atoms with Gasteiger partial charge < -0.3 is 20.1 Å². The van der Waals surface area contributed by atoms with Crippen LogP contribution >= 0.6 is 0 Å². The van der Waals surface area contributed by atoms with Crippen LogP contribution in [0.2, 0.25) is 0 Å². The summed E-state index contributed by atoms with van der Waals surface area (Å²) in [5, 5.41) is 11.5. The summed E-state index contributed by atoms with van der Waals surface area (Å²) < 4.78 is 5.42. The van der Waals surface area contributed by atoms with Crippen LogP contribution in [0.4, 0.5) is 4.79 Å². The Morgan fingerprint density at radius 2 is 1.66 bits per heavy atom. The van der Waals surface area contributed by atoms with Gasteiger partial charge in [0.15, 0.2) is 0 Å². The van der Waals surface area contributed by atoms with Gasteiger partial charge in [-0.2, -0.15) is 0 Å². The monoisotopic (exact) mass is 432 g/mol. The first-order chi connectivity index (χ1) is 15.5. The lowest BCUT2D eigenvalue weighted by Gasteiger charge is -2.38. The number of alkyl carbamates (subject to hydrolysis) is 1. The zero-order valence-corrected chi connectivity index (χ0v) is 17.7. The van der Waals surface area contributed by atoms with E-state index in [1.54, 1.807) is 7.05 Å². The van der Waals surface area contributed by atoms with Gasteiger partial charge in [0, 0.05) is 19.0 Å². The summed E-state index contributed by atoms with van der Waals surface area (Å²) >= 11 is 0. The average Bonchev–Trinajstić information content (AvgIpc) is 3.07. The minimum Gasteiger partial charge on any atom is -0.481 e. The van der Waals surface area contributed by atoms with Crippen molar-refractivity contribution in [3.05, 3.63) is 59.7 Å². The van der Waals surface area contributed by atoms with Gasteiger partial charge in [-0.25, -0.2) is 4.79 Å². The first-order valence-corrected chi connectivity index (χ1v) is 10.5. The summed E-state index contributed by atoms with van der Waals surface area (Å²) in [6, 6.07) is 16.1. The molecule has 1 fully saturated rings. The third-order valence-electron chi connectivity index (χ3n) is 6.19. The van der Waals surface area contributed by atoms with Crippen molar-refractivity contribution in [3.8, 4) is 23.0 Å². The van der Waals surface area contributed by atoms with Crippen molar-refractivity contribution in [1.82, 2.24) is 10.2 Å². The number of hydrogen-bond donors (Lipinski definition) is 2. The normalized spacial score (nSPS) is 18.3. The van der Waals surface area contributed by atoms with Gasteiger partial charge >= 0.3 is 12.1 Å². The maximum atomic E-state index is 12.1. The van der Waals surface area contributed by atoms with Gasteiger partial charge in [-0.05, 0) is 41.0 Å². The van der Waals surface area contributed by atoms with Crippen molar-refractivity contribution in [3.63, 3.8) is 0 Å². The van der Waals surface area contributed by atoms with E-state index in [9.17, 15) is 14.4 Å². The number of amides is 2. The zero-order chi connectivity index (χ0) is 22.7. The Labute approximate surface area is 186 Å². The lowest BCUT2D eigenvalue weighted by molar-refractivity contribution is -0.148. The SMILES string of the molecule is CN(C(=O)C#CCNC(=O)OCC1c2ccccc2-c2ccccc21)C1CC(C(=O)O)C1. The van der Waals surface area contributed by atoms with Gasteiger partial charge in [-0.3, -0.25) is 9.59 Å². The molecule has 2 aliphatic rings. The second-order valence-corrected chi connectivity index (χ2v) is 8.06. The van der Waals surface area contributed by atoms with Gasteiger partial charge in [0.1, 0.15) is 6.61 Å². The van der Waals surface area contributed by atoms with E-state index in [2.05, 4.69) is 41.4 Å². The minimum absolute atomic E-state index is 0.0152. The predicted octanol–water partition coefficient (Wildman–Crippen LogP) is 2.85. The molecule has 0 aromatic heterocycles. The first kappa shape index (κ1) is 21.4. The number of nitrogens with zero attached hydrogens (tertiary/aromatic N) is 1. The fraction of sp³-hybridized carbons (Fsp3) is 0.320. The molecule has 0 heterocycles. The summed E-state index contributed by atoms with van der Waals surface area (Å²) in [4.78, 5) is 36.5. The summed E-state index contributed by atoms with van der Waals surface area (Å²) in [7, 11) is 1.61. The van der Waals surface area contributed by atoms with Crippen LogP contribution in [0.1, 0.15) is 29.9 Å². The summed E-state index contributed by atoms with van der Waals surface area (Å²) in [5.41, 5.74) is 4.59. The van der Waals surface area contributed by atoms with Crippen molar-refractivity contribution in [2.45, 2.75) is 24.8 Å². The Balaban J connectivity index is 1.25. The molecule has 0 radical (unpaired) electrons. The summed E-state index contributed by atoms with van der Waals surface area (Å²) in [5.74, 6) is 3.46. The highest BCUT2D eigenvalue weighted by Crippen LogP contribution is 2.44. The number of carbonyl (C=O) groups is 3. The van der Waals surface area contributed by atoms with Gasteiger partial charge in [-0.1, -0.05) is 54.5 Å². The number of fused-ring (bicyclic) bond motifs is 3. The molecule has 2 aliphatic carbocycles. The Hall–Kier alpha value is -3.79. The molecular formula is C25H24N2O5. The second kappa shape index (κ2) is 9.15. The number of carbonyl (C=O) groups excluding carboxylic acids is 2.